The summed E-state index contributed by atoms with van der Waals surface area (Å²) in [7, 11) is 0. The van der Waals surface area contributed by atoms with Crippen LogP contribution in [0.5, 0.6) is 0 Å². The molecule has 1 rings (SSSR count). The normalized spacial score (nSPS) is 11.9. The second kappa shape index (κ2) is 5.60. The first-order chi connectivity index (χ1) is 7.54. The van der Waals surface area contributed by atoms with Crippen LogP contribution in [0.25, 0.3) is 0 Å². The minimum absolute atomic E-state index is 0.336. The van der Waals surface area contributed by atoms with Gasteiger partial charge in [-0.2, -0.15) is 0 Å². The number of aliphatic carboxylic acids is 1. The van der Waals surface area contributed by atoms with Crippen LogP contribution in [0.1, 0.15) is 23.7 Å². The molecule has 1 amide bonds. The molecule has 0 fully saturated rings. The second-order valence-electron chi connectivity index (χ2n) is 3.14. The number of hydrogen-bond acceptors (Lipinski definition) is 3. The van der Waals surface area contributed by atoms with E-state index in [1.165, 1.54) is 6.20 Å². The highest BCUT2D eigenvalue weighted by Gasteiger charge is 2.18. The molecule has 0 aliphatic rings. The Hall–Kier alpha value is -1.43. The molecule has 1 aromatic heterocycles. The van der Waals surface area contributed by atoms with Gasteiger partial charge in [0.2, 0.25) is 0 Å². The number of carbonyl (C=O) groups is 2. The highest BCUT2D eigenvalue weighted by Crippen LogP contribution is 2.06. The fourth-order valence-electron chi connectivity index (χ4n) is 1.09. The van der Waals surface area contributed by atoms with Crippen molar-refractivity contribution in [3.63, 3.8) is 0 Å². The largest absolute Gasteiger partial charge is 0.480 e. The van der Waals surface area contributed by atoms with Crippen molar-refractivity contribution < 1.29 is 14.7 Å². The maximum Gasteiger partial charge on any atom is 0.326 e. The van der Waals surface area contributed by atoms with Gasteiger partial charge in [0.15, 0.2) is 0 Å². The number of pyridine rings is 1. The maximum absolute atomic E-state index is 11.6. The lowest BCUT2D eigenvalue weighted by molar-refractivity contribution is -0.139. The second-order valence-corrected chi connectivity index (χ2v) is 3.95. The first kappa shape index (κ1) is 12.6. The van der Waals surface area contributed by atoms with Gasteiger partial charge in [-0.25, -0.2) is 9.78 Å². The molecule has 0 aliphatic carbocycles. The van der Waals surface area contributed by atoms with Gasteiger partial charge < -0.3 is 10.4 Å². The molecule has 5 nitrogen and oxygen atoms in total. The molecule has 2 N–H and O–H groups in total. The maximum atomic E-state index is 11.6. The Balaban J connectivity index is 2.71. The van der Waals surface area contributed by atoms with Gasteiger partial charge in [-0.15, -0.1) is 0 Å². The van der Waals surface area contributed by atoms with Gasteiger partial charge in [-0.05, 0) is 34.5 Å². The SMILES string of the molecule is CCC(NC(=O)c1ccc(Br)nc1)C(=O)O. The molecular formula is C10H11BrN2O3. The van der Waals surface area contributed by atoms with E-state index in [4.69, 9.17) is 5.11 Å². The highest BCUT2D eigenvalue weighted by atomic mass is 79.9. The van der Waals surface area contributed by atoms with Crippen molar-refractivity contribution in [2.24, 2.45) is 0 Å². The van der Waals surface area contributed by atoms with Gasteiger partial charge in [0.05, 0.1) is 5.56 Å². The Morgan fingerprint density at radius 2 is 2.25 bits per heavy atom. The van der Waals surface area contributed by atoms with Gasteiger partial charge in [0.1, 0.15) is 10.6 Å². The third-order valence-electron chi connectivity index (χ3n) is 2.00. The first-order valence-electron chi connectivity index (χ1n) is 4.69. The van der Waals surface area contributed by atoms with Crippen LogP contribution in [-0.2, 0) is 4.79 Å². The summed E-state index contributed by atoms with van der Waals surface area (Å²) in [6.07, 6.45) is 1.72. The lowest BCUT2D eigenvalue weighted by Crippen LogP contribution is -2.40. The van der Waals surface area contributed by atoms with E-state index >= 15 is 0 Å². The van der Waals surface area contributed by atoms with Gasteiger partial charge in [0, 0.05) is 6.20 Å². The van der Waals surface area contributed by atoms with E-state index in [2.05, 4.69) is 26.2 Å². The fourth-order valence-corrected chi connectivity index (χ4v) is 1.32. The zero-order chi connectivity index (χ0) is 12.1. The lowest BCUT2D eigenvalue weighted by Gasteiger charge is -2.11. The summed E-state index contributed by atoms with van der Waals surface area (Å²) in [6, 6.07) is 2.33. The molecule has 1 heterocycles. The molecule has 86 valence electrons. The van der Waals surface area contributed by atoms with E-state index in [0.29, 0.717) is 16.6 Å². The number of aromatic nitrogens is 1. The third kappa shape index (κ3) is 3.30. The highest BCUT2D eigenvalue weighted by molar-refractivity contribution is 9.10. The van der Waals surface area contributed by atoms with Crippen molar-refractivity contribution in [2.75, 3.05) is 0 Å². The van der Waals surface area contributed by atoms with Crippen molar-refractivity contribution in [3.8, 4) is 0 Å². The van der Waals surface area contributed by atoms with E-state index in [9.17, 15) is 9.59 Å². The Labute approximate surface area is 101 Å². The molecule has 1 unspecified atom stereocenters. The number of amides is 1. The number of hydrogen-bond donors (Lipinski definition) is 2. The summed E-state index contributed by atoms with van der Waals surface area (Å²) in [4.78, 5) is 26.2. The first-order valence-corrected chi connectivity index (χ1v) is 5.49. The standard InChI is InChI=1S/C10H11BrN2O3/c1-2-7(10(15)16)13-9(14)6-3-4-8(11)12-5-6/h3-5,7H,2H2,1H3,(H,13,14)(H,15,16). The molecule has 0 saturated heterocycles. The minimum atomic E-state index is -1.04. The van der Waals surface area contributed by atoms with Crippen LogP contribution in [0, 0.1) is 0 Å². The van der Waals surface area contributed by atoms with Crippen LogP contribution in [0.3, 0.4) is 0 Å². The summed E-state index contributed by atoms with van der Waals surface area (Å²) in [5.41, 5.74) is 0.336. The fraction of sp³-hybridized carbons (Fsp3) is 0.300. The monoisotopic (exact) mass is 286 g/mol. The lowest BCUT2D eigenvalue weighted by atomic mass is 10.2. The zero-order valence-corrected chi connectivity index (χ0v) is 10.2. The van der Waals surface area contributed by atoms with Crippen LogP contribution < -0.4 is 5.32 Å². The van der Waals surface area contributed by atoms with Crippen LogP contribution >= 0.6 is 15.9 Å². The van der Waals surface area contributed by atoms with Crippen LogP contribution in [-0.4, -0.2) is 28.0 Å². The van der Waals surface area contributed by atoms with E-state index < -0.39 is 17.9 Å². The van der Waals surface area contributed by atoms with Crippen LogP contribution in [0.4, 0.5) is 0 Å². The summed E-state index contributed by atoms with van der Waals surface area (Å²) >= 11 is 3.15. The van der Waals surface area contributed by atoms with Crippen LogP contribution in [0.15, 0.2) is 22.9 Å². The van der Waals surface area contributed by atoms with Gasteiger partial charge in [-0.3, -0.25) is 4.79 Å². The predicted octanol–water partition coefficient (Wildman–Crippen LogP) is 1.44. The third-order valence-corrected chi connectivity index (χ3v) is 2.47. The summed E-state index contributed by atoms with van der Waals surface area (Å²) in [6.45, 7) is 1.69. The van der Waals surface area contributed by atoms with Gasteiger partial charge in [0.25, 0.3) is 5.91 Å². The number of carboxylic acid groups (broad SMARTS) is 1. The molecular weight excluding hydrogens is 276 g/mol. The molecule has 0 bridgehead atoms. The smallest absolute Gasteiger partial charge is 0.326 e. The molecule has 16 heavy (non-hydrogen) atoms. The number of nitrogens with zero attached hydrogens (tertiary/aromatic N) is 1. The molecule has 0 spiro atoms. The summed E-state index contributed by atoms with van der Waals surface area (Å²) in [5, 5.41) is 11.2. The predicted molar refractivity (Wildman–Crippen MR) is 61.1 cm³/mol. The topological polar surface area (TPSA) is 79.3 Å². The molecule has 0 aliphatic heterocycles. The average Bonchev–Trinajstić information content (AvgIpc) is 2.26. The molecule has 0 saturated carbocycles. The Morgan fingerprint density at radius 1 is 1.56 bits per heavy atom. The molecule has 6 heteroatoms. The van der Waals surface area contributed by atoms with Gasteiger partial charge in [-0.1, -0.05) is 6.92 Å². The van der Waals surface area contributed by atoms with Crippen molar-refractivity contribution >= 4 is 27.8 Å². The number of nitrogens with one attached hydrogen (secondary N) is 1. The van der Waals surface area contributed by atoms with Crippen molar-refractivity contribution in [1.82, 2.24) is 10.3 Å². The van der Waals surface area contributed by atoms with E-state index in [1.54, 1.807) is 19.1 Å². The number of carboxylic acids is 1. The molecule has 1 atom stereocenters. The zero-order valence-electron chi connectivity index (χ0n) is 8.61. The van der Waals surface area contributed by atoms with E-state index in [-0.39, 0.29) is 0 Å². The quantitative estimate of drug-likeness (QED) is 0.821. The number of rotatable bonds is 4. The Kier molecular flexibility index (Phi) is 4.42. The Morgan fingerprint density at radius 3 is 2.69 bits per heavy atom. The average molecular weight is 287 g/mol. The molecule has 0 aromatic carbocycles. The molecule has 1 aromatic rings. The minimum Gasteiger partial charge on any atom is -0.480 e. The number of halogens is 1. The Bertz CT molecular complexity index is 392. The summed E-state index contributed by atoms with van der Waals surface area (Å²) < 4.78 is 0.620. The van der Waals surface area contributed by atoms with E-state index in [0.717, 1.165) is 0 Å². The van der Waals surface area contributed by atoms with Crippen LogP contribution in [0.2, 0.25) is 0 Å². The van der Waals surface area contributed by atoms with Crippen molar-refractivity contribution in [3.05, 3.63) is 28.5 Å². The van der Waals surface area contributed by atoms with E-state index in [1.807, 2.05) is 0 Å². The van der Waals surface area contributed by atoms with Crippen molar-refractivity contribution in [1.29, 1.82) is 0 Å². The van der Waals surface area contributed by atoms with Gasteiger partial charge >= 0.3 is 5.97 Å². The summed E-state index contributed by atoms with van der Waals surface area (Å²) in [5.74, 6) is -1.48. The number of carbonyl (C=O) groups excluding carboxylic acids is 1. The van der Waals surface area contributed by atoms with Crippen molar-refractivity contribution in [2.45, 2.75) is 19.4 Å². The molecule has 0 radical (unpaired) electrons.